The van der Waals surface area contributed by atoms with Crippen LogP contribution in [0.3, 0.4) is 0 Å². The fourth-order valence-electron chi connectivity index (χ4n) is 2.10. The van der Waals surface area contributed by atoms with E-state index in [1.54, 1.807) is 0 Å². The number of halogens is 1. The Kier molecular flexibility index (Phi) is 7.97. The zero-order valence-electron chi connectivity index (χ0n) is 15.1. The van der Waals surface area contributed by atoms with Crippen LogP contribution in [0.2, 0.25) is 0 Å². The molecule has 0 saturated carbocycles. The van der Waals surface area contributed by atoms with Crippen molar-refractivity contribution in [3.63, 3.8) is 0 Å². The van der Waals surface area contributed by atoms with Gasteiger partial charge in [0.2, 0.25) is 0 Å². The predicted octanol–water partition coefficient (Wildman–Crippen LogP) is 2.71. The van der Waals surface area contributed by atoms with Crippen LogP contribution in [0.5, 0.6) is 0 Å². The minimum atomic E-state index is -0.842. The lowest BCUT2D eigenvalue weighted by Crippen LogP contribution is -2.39. The molecule has 0 radical (unpaired) electrons. The van der Waals surface area contributed by atoms with Crippen molar-refractivity contribution >= 4 is 45.3 Å². The fourth-order valence-corrected chi connectivity index (χ4v) is 2.48. The van der Waals surface area contributed by atoms with Crippen molar-refractivity contribution in [2.24, 2.45) is 5.10 Å². The van der Waals surface area contributed by atoms with Gasteiger partial charge >= 0.3 is 11.8 Å². The average Bonchev–Trinajstić information content (AvgIpc) is 2.65. The third-order valence-electron chi connectivity index (χ3n) is 3.51. The summed E-state index contributed by atoms with van der Waals surface area (Å²) in [6.45, 7) is 2.60. The molecular formula is C19H21BrN4O3. The van der Waals surface area contributed by atoms with E-state index in [1.807, 2.05) is 49.4 Å². The molecule has 0 spiro atoms. The summed E-state index contributed by atoms with van der Waals surface area (Å²) >= 11 is 3.42. The van der Waals surface area contributed by atoms with Gasteiger partial charge in [-0.05, 0) is 37.3 Å². The first-order valence-electron chi connectivity index (χ1n) is 8.23. The molecule has 0 aliphatic heterocycles. The number of aryl methyl sites for hydroxylation is 1. The van der Waals surface area contributed by atoms with Gasteiger partial charge in [-0.15, -0.1) is 0 Å². The van der Waals surface area contributed by atoms with Crippen LogP contribution in [0.4, 0.5) is 11.4 Å². The molecule has 0 heterocycles. The fraction of sp³-hybridized carbons (Fsp3) is 0.211. The van der Waals surface area contributed by atoms with E-state index in [1.165, 1.54) is 18.9 Å². The SMILES string of the molecule is COCCNC(=O)C(=O)N/N=C\c1cc(Br)ccc1Nc1ccc(C)cc1. The number of amides is 2. The van der Waals surface area contributed by atoms with Gasteiger partial charge < -0.3 is 15.4 Å². The highest BCUT2D eigenvalue weighted by Gasteiger charge is 2.11. The summed E-state index contributed by atoms with van der Waals surface area (Å²) in [4.78, 5) is 23.3. The van der Waals surface area contributed by atoms with Gasteiger partial charge in [-0.1, -0.05) is 33.6 Å². The molecule has 3 N–H and O–H groups in total. The molecule has 2 rings (SSSR count). The molecule has 0 aliphatic rings. The van der Waals surface area contributed by atoms with Gasteiger partial charge in [0, 0.05) is 35.1 Å². The summed E-state index contributed by atoms with van der Waals surface area (Å²) in [5.74, 6) is -1.61. The average molecular weight is 433 g/mol. The van der Waals surface area contributed by atoms with E-state index in [0.29, 0.717) is 6.61 Å². The summed E-state index contributed by atoms with van der Waals surface area (Å²) in [5, 5.41) is 9.60. The lowest BCUT2D eigenvalue weighted by molar-refractivity contribution is -0.139. The molecule has 7 nitrogen and oxygen atoms in total. The van der Waals surface area contributed by atoms with Crippen LogP contribution >= 0.6 is 15.9 Å². The minimum absolute atomic E-state index is 0.253. The van der Waals surface area contributed by atoms with Gasteiger partial charge in [-0.3, -0.25) is 9.59 Å². The summed E-state index contributed by atoms with van der Waals surface area (Å²) in [5.41, 5.74) is 5.86. The Morgan fingerprint density at radius 2 is 1.89 bits per heavy atom. The quantitative estimate of drug-likeness (QED) is 0.271. The van der Waals surface area contributed by atoms with Crippen LogP contribution in [0, 0.1) is 6.92 Å². The van der Waals surface area contributed by atoms with Crippen LogP contribution in [-0.4, -0.2) is 38.3 Å². The molecule has 27 heavy (non-hydrogen) atoms. The zero-order chi connectivity index (χ0) is 19.6. The van der Waals surface area contributed by atoms with Crippen LogP contribution in [-0.2, 0) is 14.3 Å². The van der Waals surface area contributed by atoms with Crippen LogP contribution in [0.1, 0.15) is 11.1 Å². The Labute approximate surface area is 166 Å². The Bertz CT molecular complexity index is 822. The molecule has 2 aromatic rings. The van der Waals surface area contributed by atoms with Crippen molar-refractivity contribution in [2.75, 3.05) is 25.6 Å². The Hall–Kier alpha value is -2.71. The second-order valence-corrected chi connectivity index (χ2v) is 6.59. The van der Waals surface area contributed by atoms with E-state index in [-0.39, 0.29) is 6.54 Å². The number of rotatable bonds is 7. The molecule has 0 bridgehead atoms. The first kappa shape index (κ1) is 20.6. The second kappa shape index (κ2) is 10.4. The van der Waals surface area contributed by atoms with Crippen molar-refractivity contribution in [3.8, 4) is 0 Å². The number of carbonyl (C=O) groups is 2. The van der Waals surface area contributed by atoms with Gasteiger partial charge in [-0.25, -0.2) is 5.43 Å². The Morgan fingerprint density at radius 1 is 1.15 bits per heavy atom. The Morgan fingerprint density at radius 3 is 2.59 bits per heavy atom. The predicted molar refractivity (Wildman–Crippen MR) is 109 cm³/mol. The number of ether oxygens (including phenoxy) is 1. The smallest absolute Gasteiger partial charge is 0.329 e. The number of carbonyl (C=O) groups excluding carboxylic acids is 2. The molecule has 0 unspecified atom stereocenters. The van der Waals surface area contributed by atoms with Crippen molar-refractivity contribution in [3.05, 3.63) is 58.1 Å². The molecule has 0 aromatic heterocycles. The molecule has 0 saturated heterocycles. The molecule has 142 valence electrons. The number of methoxy groups -OCH3 is 1. The number of hydrazone groups is 1. The van der Waals surface area contributed by atoms with Crippen molar-refractivity contribution < 1.29 is 14.3 Å². The molecule has 8 heteroatoms. The van der Waals surface area contributed by atoms with Crippen molar-refractivity contribution in [1.82, 2.24) is 10.7 Å². The number of hydrogen-bond donors (Lipinski definition) is 3. The lowest BCUT2D eigenvalue weighted by Gasteiger charge is -2.10. The second-order valence-electron chi connectivity index (χ2n) is 5.67. The highest BCUT2D eigenvalue weighted by atomic mass is 79.9. The maximum Gasteiger partial charge on any atom is 0.329 e. The van der Waals surface area contributed by atoms with Crippen molar-refractivity contribution in [1.29, 1.82) is 0 Å². The normalized spacial score (nSPS) is 10.6. The number of anilines is 2. The molecule has 0 fully saturated rings. The van der Waals surface area contributed by atoms with Crippen LogP contribution < -0.4 is 16.1 Å². The van der Waals surface area contributed by atoms with Gasteiger partial charge in [0.25, 0.3) is 0 Å². The molecule has 2 amide bonds. The molecule has 2 aromatic carbocycles. The first-order chi connectivity index (χ1) is 13.0. The first-order valence-corrected chi connectivity index (χ1v) is 9.02. The van der Waals surface area contributed by atoms with E-state index in [4.69, 9.17) is 4.74 Å². The number of hydrogen-bond acceptors (Lipinski definition) is 5. The number of benzene rings is 2. The minimum Gasteiger partial charge on any atom is -0.383 e. The summed E-state index contributed by atoms with van der Waals surface area (Å²) in [7, 11) is 1.51. The molecule has 0 aliphatic carbocycles. The summed E-state index contributed by atoms with van der Waals surface area (Å²) < 4.78 is 5.67. The van der Waals surface area contributed by atoms with Gasteiger partial charge in [0.1, 0.15) is 0 Å². The number of nitrogens with one attached hydrogen (secondary N) is 3. The Balaban J connectivity index is 2.03. The zero-order valence-corrected chi connectivity index (χ0v) is 16.7. The van der Waals surface area contributed by atoms with Crippen LogP contribution in [0.25, 0.3) is 0 Å². The third kappa shape index (κ3) is 6.84. The van der Waals surface area contributed by atoms with Crippen molar-refractivity contribution in [2.45, 2.75) is 6.92 Å². The maximum absolute atomic E-state index is 11.7. The summed E-state index contributed by atoms with van der Waals surface area (Å²) in [6.07, 6.45) is 1.47. The highest BCUT2D eigenvalue weighted by molar-refractivity contribution is 9.10. The van der Waals surface area contributed by atoms with E-state index in [0.717, 1.165) is 21.4 Å². The standard InChI is InChI=1S/C19H21BrN4O3/c1-13-3-6-16(7-4-13)23-17-8-5-15(20)11-14(17)12-22-24-19(26)18(25)21-9-10-27-2/h3-8,11-12,23H,9-10H2,1-2H3,(H,21,25)(H,24,26)/b22-12-. The van der Waals surface area contributed by atoms with E-state index >= 15 is 0 Å². The van der Waals surface area contributed by atoms with Crippen LogP contribution in [0.15, 0.2) is 52.0 Å². The van der Waals surface area contributed by atoms with E-state index < -0.39 is 11.8 Å². The third-order valence-corrected chi connectivity index (χ3v) is 4.01. The number of nitrogens with zero attached hydrogens (tertiary/aromatic N) is 1. The lowest BCUT2D eigenvalue weighted by atomic mass is 10.1. The monoisotopic (exact) mass is 432 g/mol. The largest absolute Gasteiger partial charge is 0.383 e. The van der Waals surface area contributed by atoms with Gasteiger partial charge in [0.15, 0.2) is 0 Å². The topological polar surface area (TPSA) is 91.8 Å². The van der Waals surface area contributed by atoms with Gasteiger partial charge in [-0.2, -0.15) is 5.10 Å². The maximum atomic E-state index is 11.7. The molecule has 0 atom stereocenters. The summed E-state index contributed by atoms with van der Waals surface area (Å²) in [6, 6.07) is 13.6. The van der Waals surface area contributed by atoms with E-state index in [2.05, 4.69) is 37.1 Å². The molecular weight excluding hydrogens is 412 g/mol. The van der Waals surface area contributed by atoms with Gasteiger partial charge in [0.05, 0.1) is 12.8 Å². The highest BCUT2D eigenvalue weighted by Crippen LogP contribution is 2.23. The van der Waals surface area contributed by atoms with E-state index in [9.17, 15) is 9.59 Å².